The predicted molar refractivity (Wildman–Crippen MR) is 68.1 cm³/mol. The van der Waals surface area contributed by atoms with E-state index in [1.165, 1.54) is 29.5 Å². The molecule has 0 radical (unpaired) electrons. The molecule has 2 rings (SSSR count). The van der Waals surface area contributed by atoms with Gasteiger partial charge in [0.05, 0.1) is 22.8 Å². The zero-order valence-electron chi connectivity index (χ0n) is 8.98. The second-order valence-corrected chi connectivity index (χ2v) is 4.73. The van der Waals surface area contributed by atoms with Crippen LogP contribution in [0.5, 0.6) is 0 Å². The summed E-state index contributed by atoms with van der Waals surface area (Å²) in [4.78, 5) is 14.6. The smallest absolute Gasteiger partial charge is 0.309 e. The van der Waals surface area contributed by atoms with Gasteiger partial charge in [-0.2, -0.15) is 0 Å². The Balaban J connectivity index is 2.16. The van der Waals surface area contributed by atoms with Crippen molar-refractivity contribution in [3.63, 3.8) is 0 Å². The lowest BCUT2D eigenvalue weighted by Gasteiger charge is -2.04. The van der Waals surface area contributed by atoms with Gasteiger partial charge in [-0.25, -0.2) is 9.37 Å². The number of aliphatic carboxylic acids is 1. The van der Waals surface area contributed by atoms with Crippen LogP contribution in [0.15, 0.2) is 23.6 Å². The van der Waals surface area contributed by atoms with Gasteiger partial charge in [0.15, 0.2) is 5.13 Å². The van der Waals surface area contributed by atoms with Crippen LogP contribution in [0.4, 0.5) is 15.2 Å². The summed E-state index contributed by atoms with van der Waals surface area (Å²) in [5.41, 5.74) is 0.843. The normalized spacial score (nSPS) is 10.3. The first kappa shape index (κ1) is 12.8. The Kier molecular flexibility index (Phi) is 3.78. The highest BCUT2D eigenvalue weighted by atomic mass is 35.5. The first-order chi connectivity index (χ1) is 8.54. The van der Waals surface area contributed by atoms with Crippen LogP contribution in [-0.4, -0.2) is 16.1 Å². The van der Waals surface area contributed by atoms with Crippen LogP contribution in [0.1, 0.15) is 5.69 Å². The Morgan fingerprint density at radius 1 is 1.56 bits per heavy atom. The molecule has 1 aromatic heterocycles. The Labute approximate surface area is 111 Å². The largest absolute Gasteiger partial charge is 0.481 e. The van der Waals surface area contributed by atoms with Gasteiger partial charge in [0.25, 0.3) is 0 Å². The maximum atomic E-state index is 13.0. The minimum absolute atomic E-state index is 0.144. The van der Waals surface area contributed by atoms with Crippen molar-refractivity contribution >= 4 is 39.7 Å². The topological polar surface area (TPSA) is 62.2 Å². The number of halogens is 2. The number of anilines is 2. The fourth-order valence-corrected chi connectivity index (χ4v) is 2.20. The van der Waals surface area contributed by atoms with E-state index in [-0.39, 0.29) is 6.42 Å². The van der Waals surface area contributed by atoms with Gasteiger partial charge in [-0.3, -0.25) is 4.79 Å². The van der Waals surface area contributed by atoms with Gasteiger partial charge in [0.1, 0.15) is 5.82 Å². The summed E-state index contributed by atoms with van der Waals surface area (Å²) in [6, 6.07) is 3.94. The molecule has 2 aromatic rings. The van der Waals surface area contributed by atoms with Crippen LogP contribution in [0.2, 0.25) is 5.02 Å². The lowest BCUT2D eigenvalue weighted by atomic mass is 10.3. The van der Waals surface area contributed by atoms with Gasteiger partial charge in [-0.15, -0.1) is 11.3 Å². The fraction of sp³-hybridized carbons (Fsp3) is 0.0909. The first-order valence-electron chi connectivity index (χ1n) is 4.93. The van der Waals surface area contributed by atoms with Gasteiger partial charge < -0.3 is 10.4 Å². The molecule has 0 aliphatic rings. The number of rotatable bonds is 4. The summed E-state index contributed by atoms with van der Waals surface area (Å²) in [6.07, 6.45) is -0.144. The number of hydrogen-bond acceptors (Lipinski definition) is 4. The van der Waals surface area contributed by atoms with Gasteiger partial charge in [0.2, 0.25) is 0 Å². The van der Waals surface area contributed by atoms with Gasteiger partial charge in [0, 0.05) is 5.38 Å². The number of nitrogens with zero attached hydrogens (tertiary/aromatic N) is 1. The van der Waals surface area contributed by atoms with Crippen molar-refractivity contribution in [2.45, 2.75) is 6.42 Å². The molecule has 0 fully saturated rings. The summed E-state index contributed by atoms with van der Waals surface area (Å²) < 4.78 is 13.0. The van der Waals surface area contributed by atoms with Crippen molar-refractivity contribution in [1.82, 2.24) is 4.98 Å². The van der Waals surface area contributed by atoms with E-state index < -0.39 is 11.8 Å². The molecule has 0 amide bonds. The van der Waals surface area contributed by atoms with E-state index in [2.05, 4.69) is 10.3 Å². The standard InChI is InChI=1S/C11H8ClFN2O2S/c12-8-2-1-6(13)3-9(8)15-11-14-7(5-18-11)4-10(16)17/h1-3,5H,4H2,(H,14,15)(H,16,17). The maximum Gasteiger partial charge on any atom is 0.309 e. The van der Waals surface area contributed by atoms with Crippen LogP contribution >= 0.6 is 22.9 Å². The van der Waals surface area contributed by atoms with Crippen LogP contribution in [0.25, 0.3) is 0 Å². The Morgan fingerprint density at radius 2 is 2.33 bits per heavy atom. The molecule has 0 spiro atoms. The van der Waals surface area contributed by atoms with Crippen molar-refractivity contribution in [3.8, 4) is 0 Å². The summed E-state index contributed by atoms with van der Waals surface area (Å²) >= 11 is 7.13. The van der Waals surface area contributed by atoms with Crippen LogP contribution < -0.4 is 5.32 Å². The molecule has 0 aliphatic carbocycles. The molecular formula is C11H8ClFN2O2S. The monoisotopic (exact) mass is 286 g/mol. The summed E-state index contributed by atoms with van der Waals surface area (Å²) in [5.74, 6) is -1.36. The van der Waals surface area contributed by atoms with E-state index in [9.17, 15) is 9.18 Å². The minimum atomic E-state index is -0.948. The SMILES string of the molecule is O=C(O)Cc1csc(Nc2cc(F)ccc2Cl)n1. The molecule has 0 aliphatic heterocycles. The van der Waals surface area contributed by atoms with Gasteiger partial charge in [-0.1, -0.05) is 11.6 Å². The van der Waals surface area contributed by atoms with E-state index in [0.717, 1.165) is 0 Å². The number of carbonyl (C=O) groups is 1. The minimum Gasteiger partial charge on any atom is -0.481 e. The molecule has 0 bridgehead atoms. The number of thiazole rings is 1. The fourth-order valence-electron chi connectivity index (χ4n) is 1.31. The highest BCUT2D eigenvalue weighted by Crippen LogP contribution is 2.27. The first-order valence-corrected chi connectivity index (χ1v) is 6.18. The molecule has 1 aromatic carbocycles. The van der Waals surface area contributed by atoms with E-state index in [4.69, 9.17) is 16.7 Å². The van der Waals surface area contributed by atoms with E-state index in [1.807, 2.05) is 0 Å². The second kappa shape index (κ2) is 5.32. The molecular weight excluding hydrogens is 279 g/mol. The number of hydrogen-bond donors (Lipinski definition) is 2. The molecule has 1 heterocycles. The Morgan fingerprint density at radius 3 is 3.06 bits per heavy atom. The van der Waals surface area contributed by atoms with E-state index in [0.29, 0.717) is 21.5 Å². The molecule has 7 heteroatoms. The quantitative estimate of drug-likeness (QED) is 0.905. The molecule has 2 N–H and O–H groups in total. The zero-order valence-corrected chi connectivity index (χ0v) is 10.6. The highest BCUT2D eigenvalue weighted by Gasteiger charge is 2.08. The maximum absolute atomic E-state index is 13.0. The Bertz CT molecular complexity index is 588. The Hall–Kier alpha value is -1.66. The predicted octanol–water partition coefficient (Wildman–Crippen LogP) is 3.31. The molecule has 0 unspecified atom stereocenters. The van der Waals surface area contributed by atoms with Crippen LogP contribution in [0, 0.1) is 5.82 Å². The number of carboxylic acids is 1. The van der Waals surface area contributed by atoms with Crippen LogP contribution in [-0.2, 0) is 11.2 Å². The number of benzene rings is 1. The van der Waals surface area contributed by atoms with Crippen molar-refractivity contribution in [2.75, 3.05) is 5.32 Å². The third-order valence-corrected chi connectivity index (χ3v) is 3.19. The van der Waals surface area contributed by atoms with Crippen LogP contribution in [0.3, 0.4) is 0 Å². The molecule has 94 valence electrons. The summed E-state index contributed by atoms with van der Waals surface area (Å²) in [6.45, 7) is 0. The van der Waals surface area contributed by atoms with Gasteiger partial charge in [-0.05, 0) is 18.2 Å². The molecule has 0 saturated heterocycles. The van der Waals surface area contributed by atoms with Crippen molar-refractivity contribution in [3.05, 3.63) is 40.1 Å². The third-order valence-electron chi connectivity index (χ3n) is 2.05. The molecule has 0 atom stereocenters. The average molecular weight is 287 g/mol. The van der Waals surface area contributed by atoms with E-state index in [1.54, 1.807) is 5.38 Å². The van der Waals surface area contributed by atoms with Crippen molar-refractivity contribution < 1.29 is 14.3 Å². The highest BCUT2D eigenvalue weighted by molar-refractivity contribution is 7.13. The van der Waals surface area contributed by atoms with Crippen molar-refractivity contribution in [1.29, 1.82) is 0 Å². The van der Waals surface area contributed by atoms with Crippen molar-refractivity contribution in [2.24, 2.45) is 0 Å². The average Bonchev–Trinajstić information content (AvgIpc) is 2.70. The van der Waals surface area contributed by atoms with Gasteiger partial charge >= 0.3 is 5.97 Å². The molecule has 18 heavy (non-hydrogen) atoms. The molecule has 4 nitrogen and oxygen atoms in total. The summed E-state index contributed by atoms with van der Waals surface area (Å²) in [5, 5.41) is 13.9. The third kappa shape index (κ3) is 3.18. The number of carboxylic acid groups (broad SMARTS) is 1. The lowest BCUT2D eigenvalue weighted by Crippen LogP contribution is -2.00. The zero-order chi connectivity index (χ0) is 13.1. The molecule has 0 saturated carbocycles. The lowest BCUT2D eigenvalue weighted by molar-refractivity contribution is -0.136. The van der Waals surface area contributed by atoms with E-state index >= 15 is 0 Å². The summed E-state index contributed by atoms with van der Waals surface area (Å²) in [7, 11) is 0. The number of nitrogens with one attached hydrogen (secondary N) is 1. The second-order valence-electron chi connectivity index (χ2n) is 3.46. The number of aromatic nitrogens is 1.